The van der Waals surface area contributed by atoms with Crippen molar-refractivity contribution in [3.05, 3.63) is 77.2 Å². The number of thiophene rings is 1. The number of hydrogen-bond donors (Lipinski definition) is 2. The number of benzene rings is 2. The van der Waals surface area contributed by atoms with Gasteiger partial charge in [0, 0.05) is 11.9 Å². The van der Waals surface area contributed by atoms with Gasteiger partial charge in [-0.3, -0.25) is 4.79 Å². The molecule has 1 aromatic heterocycles. The van der Waals surface area contributed by atoms with Gasteiger partial charge in [-0.1, -0.05) is 30.3 Å². The standard InChI is InChI=1S/C18H16N2O4S2/c19-26(22,23)17-10-14(12-25-17)18(21)20-11-13-6-8-16(9-7-13)24-15-4-2-1-3-5-15/h1-10,12H,11H2,(H,20,21)(H2,19,22,23). The molecule has 0 aliphatic carbocycles. The lowest BCUT2D eigenvalue weighted by Gasteiger charge is -2.07. The smallest absolute Gasteiger partial charge is 0.252 e. The number of sulfonamides is 1. The molecule has 0 unspecified atom stereocenters. The van der Waals surface area contributed by atoms with Crippen LogP contribution < -0.4 is 15.2 Å². The zero-order chi connectivity index (χ0) is 18.6. The van der Waals surface area contributed by atoms with Crippen molar-refractivity contribution >= 4 is 27.3 Å². The Bertz CT molecular complexity index is 997. The quantitative estimate of drug-likeness (QED) is 0.678. The largest absolute Gasteiger partial charge is 0.457 e. The molecule has 26 heavy (non-hydrogen) atoms. The molecule has 6 nitrogen and oxygen atoms in total. The number of carbonyl (C=O) groups excluding carboxylic acids is 1. The van der Waals surface area contributed by atoms with Crippen molar-refractivity contribution in [1.29, 1.82) is 0 Å². The highest BCUT2D eigenvalue weighted by Crippen LogP contribution is 2.21. The molecule has 0 atom stereocenters. The Balaban J connectivity index is 1.58. The predicted molar refractivity (Wildman–Crippen MR) is 99.8 cm³/mol. The summed E-state index contributed by atoms with van der Waals surface area (Å²) in [4.78, 5) is 12.1. The van der Waals surface area contributed by atoms with E-state index >= 15 is 0 Å². The van der Waals surface area contributed by atoms with Gasteiger partial charge < -0.3 is 10.1 Å². The lowest BCUT2D eigenvalue weighted by Crippen LogP contribution is -2.22. The SMILES string of the molecule is NS(=O)(=O)c1cc(C(=O)NCc2ccc(Oc3ccccc3)cc2)cs1. The zero-order valence-electron chi connectivity index (χ0n) is 13.6. The second-order valence-corrected chi connectivity index (χ2v) is 8.14. The Kier molecular flexibility index (Phi) is 5.36. The van der Waals surface area contributed by atoms with Crippen LogP contribution >= 0.6 is 11.3 Å². The van der Waals surface area contributed by atoms with Crippen molar-refractivity contribution in [3.8, 4) is 11.5 Å². The Morgan fingerprint density at radius 2 is 1.69 bits per heavy atom. The summed E-state index contributed by atoms with van der Waals surface area (Å²) < 4.78 is 28.2. The molecule has 3 rings (SSSR count). The van der Waals surface area contributed by atoms with Crippen LogP contribution in [-0.4, -0.2) is 14.3 Å². The number of rotatable bonds is 6. The average Bonchev–Trinajstić information content (AvgIpc) is 3.12. The third-order valence-corrected chi connectivity index (χ3v) is 5.86. The Labute approximate surface area is 155 Å². The van der Waals surface area contributed by atoms with Crippen molar-refractivity contribution < 1.29 is 17.9 Å². The van der Waals surface area contributed by atoms with E-state index in [-0.39, 0.29) is 15.7 Å². The van der Waals surface area contributed by atoms with Crippen LogP contribution in [0.3, 0.4) is 0 Å². The summed E-state index contributed by atoms with van der Waals surface area (Å²) in [6.07, 6.45) is 0. The van der Waals surface area contributed by atoms with E-state index in [0.717, 1.165) is 22.6 Å². The summed E-state index contributed by atoms with van der Waals surface area (Å²) >= 11 is 0.919. The first-order valence-corrected chi connectivity index (χ1v) is 10.1. The first-order chi connectivity index (χ1) is 12.4. The van der Waals surface area contributed by atoms with Gasteiger partial charge in [0.15, 0.2) is 0 Å². The summed E-state index contributed by atoms with van der Waals surface area (Å²) in [5.41, 5.74) is 1.16. The van der Waals surface area contributed by atoms with Crippen LogP contribution in [0.25, 0.3) is 0 Å². The maximum atomic E-state index is 12.1. The molecule has 0 saturated heterocycles. The van der Waals surface area contributed by atoms with Gasteiger partial charge in [-0.25, -0.2) is 13.6 Å². The molecular formula is C18H16N2O4S2. The van der Waals surface area contributed by atoms with Crippen molar-refractivity contribution in [2.24, 2.45) is 5.14 Å². The van der Waals surface area contributed by atoms with E-state index < -0.39 is 10.0 Å². The molecule has 0 aliphatic rings. The van der Waals surface area contributed by atoms with Crippen LogP contribution in [0.2, 0.25) is 0 Å². The minimum Gasteiger partial charge on any atom is -0.457 e. The number of nitrogens with two attached hydrogens (primary N) is 1. The van der Waals surface area contributed by atoms with Crippen LogP contribution in [0.4, 0.5) is 0 Å². The summed E-state index contributed by atoms with van der Waals surface area (Å²) in [6, 6.07) is 18.0. The number of primary sulfonamides is 1. The van der Waals surface area contributed by atoms with Crippen LogP contribution in [0.5, 0.6) is 11.5 Å². The average molecular weight is 388 g/mol. The number of amides is 1. The fourth-order valence-electron chi connectivity index (χ4n) is 2.17. The molecule has 8 heteroatoms. The number of nitrogens with one attached hydrogen (secondary N) is 1. The summed E-state index contributed by atoms with van der Waals surface area (Å²) in [5.74, 6) is 1.08. The van der Waals surface area contributed by atoms with Gasteiger partial charge in [-0.05, 0) is 35.9 Å². The van der Waals surface area contributed by atoms with Gasteiger partial charge in [0.05, 0.1) is 5.56 Å². The van der Waals surface area contributed by atoms with Gasteiger partial charge in [0.1, 0.15) is 15.7 Å². The van der Waals surface area contributed by atoms with E-state index in [1.807, 2.05) is 54.6 Å². The normalized spacial score (nSPS) is 11.1. The Morgan fingerprint density at radius 1 is 1.04 bits per heavy atom. The molecule has 3 aromatic rings. The lowest BCUT2D eigenvalue weighted by molar-refractivity contribution is 0.0951. The summed E-state index contributed by atoms with van der Waals surface area (Å²) in [7, 11) is -3.79. The third-order valence-electron chi connectivity index (χ3n) is 3.47. The second-order valence-electron chi connectivity index (χ2n) is 5.44. The summed E-state index contributed by atoms with van der Waals surface area (Å²) in [5, 5.41) is 9.25. The second kappa shape index (κ2) is 7.69. The fraction of sp³-hybridized carbons (Fsp3) is 0.0556. The van der Waals surface area contributed by atoms with Crippen molar-refractivity contribution in [2.75, 3.05) is 0 Å². The Hall–Kier alpha value is -2.68. The van der Waals surface area contributed by atoms with E-state index in [1.165, 1.54) is 11.4 Å². The molecule has 3 N–H and O–H groups in total. The molecule has 0 spiro atoms. The molecule has 2 aromatic carbocycles. The fourth-order valence-corrected chi connectivity index (χ4v) is 3.75. The van der Waals surface area contributed by atoms with Crippen LogP contribution in [0.1, 0.15) is 15.9 Å². The highest BCUT2D eigenvalue weighted by atomic mass is 32.2. The van der Waals surface area contributed by atoms with Crippen molar-refractivity contribution in [1.82, 2.24) is 5.32 Å². The minimum absolute atomic E-state index is 0.0370. The highest BCUT2D eigenvalue weighted by molar-refractivity contribution is 7.91. The zero-order valence-corrected chi connectivity index (χ0v) is 15.2. The molecule has 0 aliphatic heterocycles. The van der Waals surface area contributed by atoms with Crippen molar-refractivity contribution in [2.45, 2.75) is 10.8 Å². The Morgan fingerprint density at radius 3 is 2.31 bits per heavy atom. The van der Waals surface area contributed by atoms with Gasteiger partial charge in [-0.15, -0.1) is 11.3 Å². The summed E-state index contributed by atoms with van der Waals surface area (Å²) in [6.45, 7) is 0.311. The number of para-hydroxylation sites is 1. The minimum atomic E-state index is -3.79. The van der Waals surface area contributed by atoms with E-state index in [4.69, 9.17) is 9.88 Å². The van der Waals surface area contributed by atoms with E-state index in [2.05, 4.69) is 5.32 Å². The van der Waals surface area contributed by atoms with E-state index in [9.17, 15) is 13.2 Å². The molecule has 0 bridgehead atoms. The predicted octanol–water partition coefficient (Wildman–Crippen LogP) is 3.12. The van der Waals surface area contributed by atoms with Gasteiger partial charge in [0.25, 0.3) is 5.91 Å². The topological polar surface area (TPSA) is 98.5 Å². The van der Waals surface area contributed by atoms with Gasteiger partial charge in [0.2, 0.25) is 10.0 Å². The first kappa shape index (κ1) is 18.1. The van der Waals surface area contributed by atoms with Gasteiger partial charge in [-0.2, -0.15) is 0 Å². The molecular weight excluding hydrogens is 372 g/mol. The van der Waals surface area contributed by atoms with Crippen LogP contribution in [-0.2, 0) is 16.6 Å². The molecule has 1 amide bonds. The monoisotopic (exact) mass is 388 g/mol. The van der Waals surface area contributed by atoms with Crippen LogP contribution in [0, 0.1) is 0 Å². The highest BCUT2D eigenvalue weighted by Gasteiger charge is 2.15. The van der Waals surface area contributed by atoms with E-state index in [1.54, 1.807) is 0 Å². The lowest BCUT2D eigenvalue weighted by atomic mass is 10.2. The first-order valence-electron chi connectivity index (χ1n) is 7.63. The number of hydrogen-bond acceptors (Lipinski definition) is 5. The van der Waals surface area contributed by atoms with Gasteiger partial charge >= 0.3 is 0 Å². The third kappa shape index (κ3) is 4.69. The molecule has 0 fully saturated rings. The van der Waals surface area contributed by atoms with E-state index in [0.29, 0.717) is 12.3 Å². The molecule has 134 valence electrons. The maximum absolute atomic E-state index is 12.1. The molecule has 0 saturated carbocycles. The maximum Gasteiger partial charge on any atom is 0.252 e. The van der Waals surface area contributed by atoms with Crippen LogP contribution in [0.15, 0.2) is 70.3 Å². The molecule has 1 heterocycles. The number of ether oxygens (including phenoxy) is 1. The number of carbonyl (C=O) groups is 1. The van der Waals surface area contributed by atoms with Crippen molar-refractivity contribution in [3.63, 3.8) is 0 Å². The molecule has 0 radical (unpaired) electrons.